The van der Waals surface area contributed by atoms with Crippen LogP contribution in [0.5, 0.6) is 0 Å². The van der Waals surface area contributed by atoms with Crippen molar-refractivity contribution in [3.05, 3.63) is 0 Å². The molecule has 6 aliphatic rings. The zero-order valence-electron chi connectivity index (χ0n) is 53.2. The van der Waals surface area contributed by atoms with E-state index in [2.05, 4.69) is 32.7 Å². The third-order valence-corrected chi connectivity index (χ3v) is 17.9. The Kier molecular flexibility index (Phi) is 31.6. The number of amides is 3. The molecular weight excluding hydrogens is 1500 g/mol. The predicted molar refractivity (Wildman–Crippen MR) is 309 cm³/mol. The number of ether oxygens (including phenoxy) is 12. The first-order valence-electron chi connectivity index (χ1n) is 30.0. The van der Waals surface area contributed by atoms with Gasteiger partial charge in [0.2, 0.25) is 17.7 Å². The standard InChI is InChI=1S/C48H83N3O47S4/c1-12-26(60)33(67)34(68)46(87-12)96-40-25(51-15(4)57)45(92-22(11-86-102(80,81)82)39(40)95-47-35(69)41(29(63)18(7-54)88-47)97-43-23(49-13(2)55)31(65)28(62)19(89-43)8-83-99(71,72)73)98-42-30(64)20(9-84-100(74,75)76)90-48(36(42)70)94-38-21(10-85-101(77,78)79)91-44(24(32(38)66)50-14(3)56)93-37(17(59)6-53)27(61)16(58)5-52/h12,16-48,52-54,58-70H,5-11H2,1-4H3,(H,49,55)(H,50,56)(H,51,57)(H,71,72,73)(H,74,75,76)(H,77,78,79)(H,80,81,82)/t12-,16+,17-,18+,19+,20+,21+,22+,23+,24+,25+,26+,27-,28+,29-,30-,31+,32+,33+,34-,35+,36+,37+,38+,39+,40+,41-,42-,43-,44-,45-,46-,47-,48-/m0/s1. The Labute approximate surface area is 577 Å². The number of nitrogens with one attached hydrogen (secondary N) is 3. The highest BCUT2D eigenvalue weighted by Crippen LogP contribution is 2.39. The first-order valence-corrected chi connectivity index (χ1v) is 35.5. The van der Waals surface area contributed by atoms with Crippen molar-refractivity contribution in [2.24, 2.45) is 0 Å². The number of hydrogen-bond donors (Lipinski definition) is 23. The number of aliphatic hydroxyl groups is 16. The van der Waals surface area contributed by atoms with Crippen LogP contribution in [0.15, 0.2) is 0 Å². The fraction of sp³-hybridized carbons (Fsp3) is 0.938. The van der Waals surface area contributed by atoms with Crippen LogP contribution >= 0.6 is 0 Å². The molecule has 0 aromatic rings. The fourth-order valence-corrected chi connectivity index (χ4v) is 12.5. The van der Waals surface area contributed by atoms with Crippen molar-refractivity contribution in [2.75, 3.05) is 46.2 Å². The zero-order chi connectivity index (χ0) is 76.7. The quantitative estimate of drug-likeness (QED) is 0.0271. The maximum absolute atomic E-state index is 13.5. The van der Waals surface area contributed by atoms with E-state index in [1.54, 1.807) is 0 Å². The molecule has 54 heteroatoms. The van der Waals surface area contributed by atoms with Gasteiger partial charge in [0.25, 0.3) is 0 Å². The third kappa shape index (κ3) is 23.4. The van der Waals surface area contributed by atoms with Gasteiger partial charge in [-0.05, 0) is 6.92 Å². The van der Waals surface area contributed by atoms with Crippen molar-refractivity contribution in [3.8, 4) is 0 Å². The minimum absolute atomic E-state index is 0.759. The molecule has 6 heterocycles. The summed E-state index contributed by atoms with van der Waals surface area (Å²) in [6.45, 7) is -6.31. The largest absolute Gasteiger partial charge is 0.397 e. The van der Waals surface area contributed by atoms with Gasteiger partial charge in [0.05, 0.1) is 52.4 Å². The molecule has 0 spiro atoms. The number of carbonyl (C=O) groups excluding carboxylic acids is 3. The zero-order valence-corrected chi connectivity index (χ0v) is 56.4. The highest BCUT2D eigenvalue weighted by atomic mass is 32.3. The smallest absolute Gasteiger partial charge is 0.394 e. The fourth-order valence-electron chi connectivity index (χ4n) is 11.3. The summed E-state index contributed by atoms with van der Waals surface area (Å²) >= 11 is 0. The third-order valence-electron chi connectivity index (χ3n) is 16.2. The molecule has 596 valence electrons. The molecule has 34 atom stereocenters. The first-order chi connectivity index (χ1) is 47.2. The molecule has 0 aromatic carbocycles. The molecule has 0 radical (unpaired) electrons. The number of aliphatic hydroxyl groups excluding tert-OH is 16. The van der Waals surface area contributed by atoms with Crippen LogP contribution < -0.4 is 16.0 Å². The molecule has 23 N–H and O–H groups in total. The number of rotatable bonds is 33. The van der Waals surface area contributed by atoms with Crippen LogP contribution in [0, 0.1) is 0 Å². The molecule has 0 saturated carbocycles. The van der Waals surface area contributed by atoms with Gasteiger partial charge in [0.1, 0.15) is 165 Å². The first kappa shape index (κ1) is 87.7. The lowest BCUT2D eigenvalue weighted by atomic mass is 9.93. The topological polar surface area (TPSA) is 776 Å². The number of hydrogen-bond acceptors (Lipinski definition) is 43. The Bertz CT molecular complexity index is 3190. The Morgan fingerprint density at radius 2 is 0.725 bits per heavy atom. The molecule has 6 rings (SSSR count). The molecule has 102 heavy (non-hydrogen) atoms. The Balaban J connectivity index is 1.48. The van der Waals surface area contributed by atoms with Crippen molar-refractivity contribution in [1.29, 1.82) is 0 Å². The van der Waals surface area contributed by atoms with E-state index in [0.717, 1.165) is 27.7 Å². The molecule has 0 unspecified atom stereocenters. The monoisotopic (exact) mass is 1580 g/mol. The summed E-state index contributed by atoms with van der Waals surface area (Å²) in [5.41, 5.74) is 0. The van der Waals surface area contributed by atoms with Gasteiger partial charge in [-0.25, -0.2) is 16.7 Å². The van der Waals surface area contributed by atoms with Gasteiger partial charge >= 0.3 is 41.6 Å². The molecule has 50 nitrogen and oxygen atoms in total. The Morgan fingerprint density at radius 1 is 0.373 bits per heavy atom. The second-order valence-electron chi connectivity index (χ2n) is 23.6. The minimum atomic E-state index is -5.73. The molecule has 0 aliphatic carbocycles. The van der Waals surface area contributed by atoms with Crippen LogP contribution in [0.4, 0.5) is 0 Å². The molecule has 6 saturated heterocycles. The van der Waals surface area contributed by atoms with Gasteiger partial charge in [-0.2, -0.15) is 33.7 Å². The average molecular weight is 1580 g/mol. The van der Waals surface area contributed by atoms with Crippen molar-refractivity contribution >= 4 is 59.3 Å². The van der Waals surface area contributed by atoms with Gasteiger partial charge in [-0.1, -0.05) is 0 Å². The second-order valence-corrected chi connectivity index (χ2v) is 28.0. The van der Waals surface area contributed by atoms with Gasteiger partial charge in [-0.15, -0.1) is 0 Å². The van der Waals surface area contributed by atoms with E-state index in [-0.39, 0.29) is 0 Å². The van der Waals surface area contributed by atoms with E-state index < -0.39 is 314 Å². The minimum Gasteiger partial charge on any atom is -0.394 e. The van der Waals surface area contributed by atoms with Crippen LogP contribution in [0.3, 0.4) is 0 Å². The summed E-state index contributed by atoms with van der Waals surface area (Å²) in [5.74, 6) is -3.29. The molecule has 6 fully saturated rings. The Morgan fingerprint density at radius 3 is 1.19 bits per heavy atom. The summed E-state index contributed by atoms with van der Waals surface area (Å²) in [7, 11) is -22.2. The summed E-state index contributed by atoms with van der Waals surface area (Å²) in [6.07, 6.45) is -73.0. The molecular formula is C48H83N3O47S4. The Hall–Kier alpha value is -3.23. The van der Waals surface area contributed by atoms with E-state index >= 15 is 0 Å². The van der Waals surface area contributed by atoms with E-state index in [1.807, 2.05) is 0 Å². The lowest BCUT2D eigenvalue weighted by Gasteiger charge is -2.52. The van der Waals surface area contributed by atoms with Gasteiger partial charge in [-0.3, -0.25) is 32.6 Å². The normalized spacial score (nSPS) is 40.9. The van der Waals surface area contributed by atoms with E-state index in [9.17, 15) is 148 Å². The highest BCUT2D eigenvalue weighted by Gasteiger charge is 2.60. The summed E-state index contributed by atoms with van der Waals surface area (Å²) in [5, 5.41) is 183. The average Bonchev–Trinajstić information content (AvgIpc) is 0.764. The summed E-state index contributed by atoms with van der Waals surface area (Å²) in [6, 6.07) is -6.47. The van der Waals surface area contributed by atoms with Gasteiger partial charge in [0, 0.05) is 20.8 Å². The maximum Gasteiger partial charge on any atom is 0.397 e. The van der Waals surface area contributed by atoms with E-state index in [1.165, 1.54) is 0 Å². The lowest BCUT2D eigenvalue weighted by Crippen LogP contribution is -2.72. The van der Waals surface area contributed by atoms with Crippen molar-refractivity contribution in [1.82, 2.24) is 16.0 Å². The molecule has 0 bridgehead atoms. The highest BCUT2D eigenvalue weighted by molar-refractivity contribution is 7.81. The van der Waals surface area contributed by atoms with Crippen LogP contribution in [0.1, 0.15) is 27.7 Å². The van der Waals surface area contributed by atoms with E-state index in [0.29, 0.717) is 0 Å². The van der Waals surface area contributed by atoms with Crippen molar-refractivity contribution in [2.45, 2.75) is 236 Å². The second kappa shape index (κ2) is 36.8. The van der Waals surface area contributed by atoms with Crippen molar-refractivity contribution in [3.63, 3.8) is 0 Å². The molecule has 6 aliphatic heterocycles. The van der Waals surface area contributed by atoms with E-state index in [4.69, 9.17) is 56.8 Å². The molecule has 3 amide bonds. The van der Waals surface area contributed by atoms with Crippen molar-refractivity contribution < 1.29 is 222 Å². The van der Waals surface area contributed by atoms with Crippen LogP contribution in [0.25, 0.3) is 0 Å². The predicted octanol–water partition coefficient (Wildman–Crippen LogP) is -15.9. The van der Waals surface area contributed by atoms with Crippen LogP contribution in [-0.2, 0) is 130 Å². The number of carbonyl (C=O) groups is 3. The summed E-state index contributed by atoms with van der Waals surface area (Å²) in [4.78, 5) is 38.6. The maximum atomic E-state index is 13.5. The summed E-state index contributed by atoms with van der Waals surface area (Å²) < 4.78 is 222. The van der Waals surface area contributed by atoms with Gasteiger partial charge in [0.15, 0.2) is 37.7 Å². The SMILES string of the molecule is CC(=O)N[C@H]1[C@H](O[C@@H]([C@@H](O)[C@H](O)CO)[C@@H](O)CO)O[C@H](COS(=O)(=O)O)[C@@H](O[C@@H]2O[C@H](COS(=O)(=O)O)[C@H](O)[C@H](O[C@@H]3O[C@H](COS(=O)(=O)O)[C@@H](O[C@@H]4O[C@H](CO)[C@H](O)[C@H](O[C@@H]5O[C@H](COS(=O)(=O)O)[C@@H](O)[C@H](O)[C@H]5NC(C)=O)[C@H]4O)[C@H](O[C@@H]4O[C@@H](C)[C@@H](O)[C@@H](O)[C@@H]4O)[C@H]3NC(C)=O)[C@H]2O)[C@@H]1O. The van der Waals surface area contributed by atoms with Gasteiger partial charge < -0.3 is 154 Å². The van der Waals surface area contributed by atoms with Crippen LogP contribution in [0.2, 0.25) is 0 Å². The lowest BCUT2D eigenvalue weighted by molar-refractivity contribution is -0.394. The van der Waals surface area contributed by atoms with Crippen LogP contribution in [-0.4, -0.2) is 406 Å². The molecule has 0 aromatic heterocycles.